The van der Waals surface area contributed by atoms with Crippen LogP contribution in [0.3, 0.4) is 0 Å². The number of benzene rings is 1. The second-order valence-electron chi connectivity index (χ2n) is 4.70. The number of rotatable bonds is 4. The monoisotopic (exact) mass is 424 g/mol. The van der Waals surface area contributed by atoms with Gasteiger partial charge in [-0.1, -0.05) is 25.1 Å². The summed E-state index contributed by atoms with van der Waals surface area (Å²) in [6.07, 6.45) is 1.85. The van der Waals surface area contributed by atoms with Crippen LogP contribution in [0.1, 0.15) is 24.2 Å². The summed E-state index contributed by atoms with van der Waals surface area (Å²) in [5.74, 6) is 0. The van der Waals surface area contributed by atoms with Crippen molar-refractivity contribution in [2.75, 3.05) is 6.54 Å². The minimum Gasteiger partial charge on any atom is -0.305 e. The summed E-state index contributed by atoms with van der Waals surface area (Å²) in [7, 11) is 0. The number of nitrogens with one attached hydrogen (secondary N) is 1. The molecule has 0 fully saturated rings. The summed E-state index contributed by atoms with van der Waals surface area (Å²) in [4.78, 5) is 4.61. The Morgan fingerprint density at radius 1 is 1.29 bits per heavy atom. The Balaban J connectivity index is 2.15. The quantitative estimate of drug-likeness (QED) is 0.595. The highest BCUT2D eigenvalue weighted by molar-refractivity contribution is 9.11. The number of fused-ring (bicyclic) bond motifs is 1. The van der Waals surface area contributed by atoms with Crippen LogP contribution in [0.5, 0.6) is 0 Å². The smallest absolute Gasteiger partial charge is 0.0776 e. The van der Waals surface area contributed by atoms with E-state index in [1.165, 1.54) is 15.6 Å². The number of thiophene rings is 1. The van der Waals surface area contributed by atoms with Gasteiger partial charge in [0.25, 0.3) is 0 Å². The Labute approximate surface area is 144 Å². The van der Waals surface area contributed by atoms with E-state index in [2.05, 4.69) is 78.7 Å². The van der Waals surface area contributed by atoms with E-state index in [4.69, 9.17) is 0 Å². The molecule has 1 unspecified atom stereocenters. The lowest BCUT2D eigenvalue weighted by atomic mass is 10.0. The number of hydrogen-bond acceptors (Lipinski definition) is 3. The average Bonchev–Trinajstić information content (AvgIpc) is 2.94. The van der Waals surface area contributed by atoms with Gasteiger partial charge in [-0.15, -0.1) is 11.3 Å². The summed E-state index contributed by atoms with van der Waals surface area (Å²) >= 11 is 8.88. The van der Waals surface area contributed by atoms with Gasteiger partial charge in [0.05, 0.1) is 11.7 Å². The maximum atomic E-state index is 4.61. The predicted molar refractivity (Wildman–Crippen MR) is 97.0 cm³/mol. The Morgan fingerprint density at radius 2 is 2.14 bits per heavy atom. The Bertz CT molecular complexity index is 770. The van der Waals surface area contributed by atoms with Crippen molar-refractivity contribution < 1.29 is 0 Å². The number of hydrogen-bond donors (Lipinski definition) is 1. The minimum atomic E-state index is 0.0832. The molecule has 0 saturated heterocycles. The number of aromatic nitrogens is 1. The molecule has 0 aliphatic carbocycles. The highest BCUT2D eigenvalue weighted by atomic mass is 79.9. The molecule has 0 saturated carbocycles. The Hall–Kier alpha value is -0.750. The molecule has 5 heteroatoms. The molecule has 1 N–H and O–H groups in total. The van der Waals surface area contributed by atoms with Gasteiger partial charge < -0.3 is 5.32 Å². The molecular formula is C16H14Br2N2S. The normalized spacial score (nSPS) is 12.7. The highest BCUT2D eigenvalue weighted by Crippen LogP contribution is 2.34. The van der Waals surface area contributed by atoms with Gasteiger partial charge in [-0.25, -0.2) is 0 Å². The first-order valence-corrected chi connectivity index (χ1v) is 9.17. The molecule has 0 bridgehead atoms. The van der Waals surface area contributed by atoms with E-state index in [0.717, 1.165) is 21.2 Å². The van der Waals surface area contributed by atoms with Crippen LogP contribution in [-0.4, -0.2) is 11.5 Å². The van der Waals surface area contributed by atoms with E-state index >= 15 is 0 Å². The van der Waals surface area contributed by atoms with E-state index in [0.29, 0.717) is 0 Å². The lowest BCUT2D eigenvalue weighted by Crippen LogP contribution is -2.23. The zero-order valence-electron chi connectivity index (χ0n) is 11.4. The van der Waals surface area contributed by atoms with Crippen LogP contribution in [0, 0.1) is 0 Å². The lowest BCUT2D eigenvalue weighted by Gasteiger charge is -2.20. The van der Waals surface area contributed by atoms with Crippen molar-refractivity contribution in [1.29, 1.82) is 0 Å². The summed E-state index contributed by atoms with van der Waals surface area (Å²) in [6, 6.07) is 10.7. The molecule has 108 valence electrons. The third-order valence-electron chi connectivity index (χ3n) is 3.34. The van der Waals surface area contributed by atoms with Crippen LogP contribution in [0.2, 0.25) is 0 Å². The second-order valence-corrected chi connectivity index (χ2v) is 7.38. The van der Waals surface area contributed by atoms with Crippen LogP contribution >= 0.6 is 43.2 Å². The fraction of sp³-hybridized carbons (Fsp3) is 0.188. The molecule has 3 aromatic rings. The minimum absolute atomic E-state index is 0.0832. The SMILES string of the molecule is CCNC(c1ncc(Br)cc1Br)c1cccc2ccsc12. The van der Waals surface area contributed by atoms with E-state index in [1.807, 2.05) is 12.3 Å². The van der Waals surface area contributed by atoms with Crippen molar-refractivity contribution in [3.63, 3.8) is 0 Å². The molecule has 0 radical (unpaired) electrons. The van der Waals surface area contributed by atoms with Gasteiger partial charge in [-0.2, -0.15) is 0 Å². The molecule has 1 atom stereocenters. The van der Waals surface area contributed by atoms with Gasteiger partial charge in [0.2, 0.25) is 0 Å². The van der Waals surface area contributed by atoms with Crippen molar-refractivity contribution in [2.45, 2.75) is 13.0 Å². The standard InChI is InChI=1S/C16H14Br2N2S/c1-2-19-14(15-13(18)8-11(17)9-20-15)12-5-3-4-10-6-7-21-16(10)12/h3-9,14,19H,2H2,1H3. The first kappa shape index (κ1) is 15.2. The molecule has 0 aliphatic heterocycles. The molecule has 3 rings (SSSR count). The van der Waals surface area contributed by atoms with Crippen molar-refractivity contribution in [3.05, 3.63) is 62.1 Å². The maximum Gasteiger partial charge on any atom is 0.0776 e. The van der Waals surface area contributed by atoms with E-state index in [9.17, 15) is 0 Å². The fourth-order valence-electron chi connectivity index (χ4n) is 2.44. The summed E-state index contributed by atoms with van der Waals surface area (Å²) in [6.45, 7) is 3.00. The molecule has 2 nitrogen and oxygen atoms in total. The van der Waals surface area contributed by atoms with Gasteiger partial charge >= 0.3 is 0 Å². The zero-order chi connectivity index (χ0) is 14.8. The first-order chi connectivity index (χ1) is 10.2. The molecule has 1 aromatic carbocycles. The van der Waals surface area contributed by atoms with Gasteiger partial charge in [-0.05, 0) is 66.9 Å². The number of pyridine rings is 1. The van der Waals surface area contributed by atoms with Crippen LogP contribution in [0.25, 0.3) is 10.1 Å². The van der Waals surface area contributed by atoms with Crippen LogP contribution < -0.4 is 5.32 Å². The van der Waals surface area contributed by atoms with Crippen molar-refractivity contribution in [1.82, 2.24) is 10.3 Å². The van der Waals surface area contributed by atoms with Gasteiger partial charge in [0.15, 0.2) is 0 Å². The summed E-state index contributed by atoms with van der Waals surface area (Å²) in [5, 5.41) is 6.98. The van der Waals surface area contributed by atoms with Crippen molar-refractivity contribution in [2.24, 2.45) is 0 Å². The van der Waals surface area contributed by atoms with E-state index in [1.54, 1.807) is 11.3 Å². The van der Waals surface area contributed by atoms with Crippen LogP contribution in [0.15, 0.2) is 50.9 Å². The Kier molecular flexibility index (Phi) is 4.74. The summed E-state index contributed by atoms with van der Waals surface area (Å²) < 4.78 is 3.30. The average molecular weight is 426 g/mol. The molecule has 2 heterocycles. The summed E-state index contributed by atoms with van der Waals surface area (Å²) in [5.41, 5.74) is 2.29. The fourth-order valence-corrected chi connectivity index (χ4v) is 4.60. The lowest BCUT2D eigenvalue weighted by molar-refractivity contribution is 0.617. The third kappa shape index (κ3) is 3.06. The van der Waals surface area contributed by atoms with Gasteiger partial charge in [-0.3, -0.25) is 4.98 Å². The van der Waals surface area contributed by atoms with Gasteiger partial charge in [0, 0.05) is 19.8 Å². The van der Waals surface area contributed by atoms with Crippen molar-refractivity contribution >= 4 is 53.3 Å². The van der Waals surface area contributed by atoms with Crippen LogP contribution in [-0.2, 0) is 0 Å². The van der Waals surface area contributed by atoms with Gasteiger partial charge in [0.1, 0.15) is 0 Å². The largest absolute Gasteiger partial charge is 0.305 e. The molecule has 21 heavy (non-hydrogen) atoms. The van der Waals surface area contributed by atoms with Crippen LogP contribution in [0.4, 0.5) is 0 Å². The second kappa shape index (κ2) is 6.57. The molecule has 2 aromatic heterocycles. The molecule has 0 amide bonds. The first-order valence-electron chi connectivity index (χ1n) is 6.71. The molecule has 0 aliphatic rings. The predicted octanol–water partition coefficient (Wildman–Crippen LogP) is 5.52. The number of halogens is 2. The zero-order valence-corrected chi connectivity index (χ0v) is 15.4. The maximum absolute atomic E-state index is 4.61. The van der Waals surface area contributed by atoms with Crippen molar-refractivity contribution in [3.8, 4) is 0 Å². The topological polar surface area (TPSA) is 24.9 Å². The number of nitrogens with zero attached hydrogens (tertiary/aromatic N) is 1. The Morgan fingerprint density at radius 3 is 2.90 bits per heavy atom. The molecule has 0 spiro atoms. The van der Waals surface area contributed by atoms with E-state index in [-0.39, 0.29) is 6.04 Å². The van der Waals surface area contributed by atoms with E-state index < -0.39 is 0 Å². The third-order valence-corrected chi connectivity index (χ3v) is 5.39. The molecular weight excluding hydrogens is 412 g/mol. The highest BCUT2D eigenvalue weighted by Gasteiger charge is 2.20.